The quantitative estimate of drug-likeness (QED) is 0.587. The molecular formula is C12H18N2O3S2. The summed E-state index contributed by atoms with van der Waals surface area (Å²) in [5.41, 5.74) is 0. The van der Waals surface area contributed by atoms with Gasteiger partial charge >= 0.3 is 0 Å². The van der Waals surface area contributed by atoms with Crippen molar-refractivity contribution >= 4 is 34.9 Å². The minimum absolute atomic E-state index is 0.00194. The van der Waals surface area contributed by atoms with Crippen molar-refractivity contribution in [3.8, 4) is 0 Å². The summed E-state index contributed by atoms with van der Waals surface area (Å²) in [6, 6.07) is 3.51. The Labute approximate surface area is 120 Å². The first-order valence-corrected chi connectivity index (χ1v) is 8.04. The Hall–Kier alpha value is -1.05. The lowest BCUT2D eigenvalue weighted by atomic mass is 10.4. The highest BCUT2D eigenvalue weighted by molar-refractivity contribution is 7.99. The van der Waals surface area contributed by atoms with Crippen LogP contribution in [0.15, 0.2) is 17.5 Å². The summed E-state index contributed by atoms with van der Waals surface area (Å²) >= 11 is 3.03. The van der Waals surface area contributed by atoms with Crippen LogP contribution < -0.4 is 10.6 Å². The van der Waals surface area contributed by atoms with Crippen LogP contribution in [0, 0.1) is 0 Å². The van der Waals surface area contributed by atoms with Crippen LogP contribution >= 0.6 is 23.1 Å². The Morgan fingerprint density at radius 3 is 2.84 bits per heavy atom. The van der Waals surface area contributed by atoms with Crippen molar-refractivity contribution in [2.75, 3.05) is 31.2 Å². The molecule has 0 aliphatic carbocycles. The van der Waals surface area contributed by atoms with Crippen molar-refractivity contribution in [3.63, 3.8) is 0 Å². The van der Waals surface area contributed by atoms with Gasteiger partial charge in [-0.25, -0.2) is 0 Å². The average Bonchev–Trinajstić information content (AvgIpc) is 2.94. The van der Waals surface area contributed by atoms with E-state index in [2.05, 4.69) is 10.6 Å². The topological polar surface area (TPSA) is 78.4 Å². The molecule has 2 amide bonds. The maximum atomic E-state index is 11.5. The fraction of sp³-hybridized carbons (Fsp3) is 0.500. The predicted octanol–water partition coefficient (Wildman–Crippen LogP) is 0.710. The van der Waals surface area contributed by atoms with Gasteiger partial charge in [0.1, 0.15) is 0 Å². The first kappa shape index (κ1) is 16.0. The maximum Gasteiger partial charge on any atom is 0.261 e. The number of aliphatic hydroxyl groups is 1. The molecule has 0 aromatic carbocycles. The average molecular weight is 302 g/mol. The molecule has 0 spiro atoms. The number of carbonyl (C=O) groups is 2. The summed E-state index contributed by atoms with van der Waals surface area (Å²) in [4.78, 5) is 23.6. The number of hydrogen-bond acceptors (Lipinski definition) is 5. The van der Waals surface area contributed by atoms with Crippen molar-refractivity contribution in [3.05, 3.63) is 22.4 Å². The van der Waals surface area contributed by atoms with Crippen molar-refractivity contribution in [2.24, 2.45) is 0 Å². The van der Waals surface area contributed by atoms with Crippen LogP contribution in [0.4, 0.5) is 0 Å². The standard InChI is InChI=1S/C12H18N2O3S2/c15-5-2-6-18-8-4-13-11(16)9-14-12(17)10-3-1-7-19-10/h1,3,7,15H,2,4-6,8-9H2,(H,13,16)(H,14,17). The number of hydrogen-bond donors (Lipinski definition) is 3. The van der Waals surface area contributed by atoms with Gasteiger partial charge in [-0.1, -0.05) is 6.07 Å². The van der Waals surface area contributed by atoms with E-state index in [0.29, 0.717) is 11.4 Å². The van der Waals surface area contributed by atoms with Gasteiger partial charge in [0.25, 0.3) is 5.91 Å². The first-order chi connectivity index (χ1) is 9.24. The molecule has 0 radical (unpaired) electrons. The van der Waals surface area contributed by atoms with Gasteiger partial charge in [0, 0.05) is 18.9 Å². The van der Waals surface area contributed by atoms with Crippen molar-refractivity contribution in [1.82, 2.24) is 10.6 Å². The van der Waals surface area contributed by atoms with E-state index in [1.165, 1.54) is 11.3 Å². The van der Waals surface area contributed by atoms with Gasteiger partial charge in [-0.05, 0) is 23.6 Å². The fourth-order valence-electron chi connectivity index (χ4n) is 1.25. The Kier molecular flexibility index (Phi) is 8.28. The minimum atomic E-state index is -0.220. The molecule has 106 valence electrons. The Morgan fingerprint density at radius 1 is 1.32 bits per heavy atom. The highest BCUT2D eigenvalue weighted by atomic mass is 32.2. The monoisotopic (exact) mass is 302 g/mol. The summed E-state index contributed by atoms with van der Waals surface area (Å²) in [5, 5.41) is 15.7. The molecule has 19 heavy (non-hydrogen) atoms. The Balaban J connectivity index is 2.03. The highest BCUT2D eigenvalue weighted by Gasteiger charge is 2.07. The van der Waals surface area contributed by atoms with E-state index in [-0.39, 0.29) is 25.0 Å². The summed E-state index contributed by atoms with van der Waals surface area (Å²) < 4.78 is 0. The fourth-order valence-corrected chi connectivity index (χ4v) is 2.67. The SMILES string of the molecule is O=C(CNC(=O)c1cccs1)NCCSCCCO. The van der Waals surface area contributed by atoms with E-state index in [9.17, 15) is 9.59 Å². The van der Waals surface area contributed by atoms with Gasteiger partial charge < -0.3 is 15.7 Å². The Bertz CT molecular complexity index is 382. The van der Waals surface area contributed by atoms with E-state index >= 15 is 0 Å². The summed E-state index contributed by atoms with van der Waals surface area (Å²) in [7, 11) is 0. The van der Waals surface area contributed by atoms with E-state index in [4.69, 9.17) is 5.11 Å². The highest BCUT2D eigenvalue weighted by Crippen LogP contribution is 2.07. The molecule has 0 fully saturated rings. The van der Waals surface area contributed by atoms with E-state index < -0.39 is 0 Å². The van der Waals surface area contributed by atoms with Gasteiger partial charge in [0.15, 0.2) is 0 Å². The van der Waals surface area contributed by atoms with Crippen molar-refractivity contribution < 1.29 is 14.7 Å². The second-order valence-electron chi connectivity index (χ2n) is 3.70. The zero-order valence-electron chi connectivity index (χ0n) is 10.6. The second kappa shape index (κ2) is 9.82. The molecule has 3 N–H and O–H groups in total. The third kappa shape index (κ3) is 7.19. The number of nitrogens with one attached hydrogen (secondary N) is 2. The van der Waals surface area contributed by atoms with Gasteiger partial charge in [0.05, 0.1) is 11.4 Å². The molecule has 0 atom stereocenters. The molecule has 7 heteroatoms. The molecule has 1 rings (SSSR count). The molecule has 0 aliphatic heterocycles. The van der Waals surface area contributed by atoms with E-state index in [1.807, 2.05) is 5.38 Å². The molecule has 5 nitrogen and oxygen atoms in total. The normalized spacial score (nSPS) is 10.2. The third-order valence-electron chi connectivity index (χ3n) is 2.17. The van der Waals surface area contributed by atoms with Crippen molar-refractivity contribution in [1.29, 1.82) is 0 Å². The number of carbonyl (C=O) groups excluding carboxylic acids is 2. The molecule has 0 saturated carbocycles. The number of thiophene rings is 1. The predicted molar refractivity (Wildman–Crippen MR) is 78.7 cm³/mol. The molecular weight excluding hydrogens is 284 g/mol. The van der Waals surface area contributed by atoms with E-state index in [1.54, 1.807) is 23.9 Å². The van der Waals surface area contributed by atoms with Crippen LogP contribution in [0.25, 0.3) is 0 Å². The van der Waals surface area contributed by atoms with Gasteiger partial charge in [-0.15, -0.1) is 11.3 Å². The van der Waals surface area contributed by atoms with Gasteiger partial charge in [-0.2, -0.15) is 11.8 Å². The molecule has 1 aromatic rings. The van der Waals surface area contributed by atoms with Crippen LogP contribution in [0.1, 0.15) is 16.1 Å². The molecule has 0 bridgehead atoms. The maximum absolute atomic E-state index is 11.5. The zero-order chi connectivity index (χ0) is 13.9. The lowest BCUT2D eigenvalue weighted by molar-refractivity contribution is -0.120. The molecule has 0 aliphatic rings. The molecule has 0 saturated heterocycles. The smallest absolute Gasteiger partial charge is 0.261 e. The third-order valence-corrected chi connectivity index (χ3v) is 4.11. The molecule has 0 unspecified atom stereocenters. The zero-order valence-corrected chi connectivity index (χ0v) is 12.2. The largest absolute Gasteiger partial charge is 0.396 e. The van der Waals surface area contributed by atoms with Crippen molar-refractivity contribution in [2.45, 2.75) is 6.42 Å². The summed E-state index contributed by atoms with van der Waals surface area (Å²) in [6.45, 7) is 0.774. The van der Waals surface area contributed by atoms with Gasteiger partial charge in [0.2, 0.25) is 5.91 Å². The summed E-state index contributed by atoms with van der Waals surface area (Å²) in [6.07, 6.45) is 0.773. The minimum Gasteiger partial charge on any atom is -0.396 e. The van der Waals surface area contributed by atoms with Crippen LogP contribution in [-0.2, 0) is 4.79 Å². The molecule has 1 aromatic heterocycles. The van der Waals surface area contributed by atoms with Crippen LogP contribution in [0.2, 0.25) is 0 Å². The number of amides is 2. The van der Waals surface area contributed by atoms with Crippen LogP contribution in [-0.4, -0.2) is 48.1 Å². The summed E-state index contributed by atoms with van der Waals surface area (Å²) in [5.74, 6) is 1.29. The lowest BCUT2D eigenvalue weighted by Gasteiger charge is -2.06. The Morgan fingerprint density at radius 2 is 2.16 bits per heavy atom. The lowest BCUT2D eigenvalue weighted by Crippen LogP contribution is -2.37. The van der Waals surface area contributed by atoms with Gasteiger partial charge in [-0.3, -0.25) is 9.59 Å². The van der Waals surface area contributed by atoms with Crippen LogP contribution in [0.5, 0.6) is 0 Å². The molecule has 1 heterocycles. The number of rotatable bonds is 9. The number of thioether (sulfide) groups is 1. The number of aliphatic hydroxyl groups excluding tert-OH is 1. The van der Waals surface area contributed by atoms with Crippen LogP contribution in [0.3, 0.4) is 0 Å². The second-order valence-corrected chi connectivity index (χ2v) is 5.87. The van der Waals surface area contributed by atoms with E-state index in [0.717, 1.165) is 17.9 Å². The first-order valence-electron chi connectivity index (χ1n) is 6.01.